The van der Waals surface area contributed by atoms with E-state index in [0.717, 1.165) is 39.4 Å². The molecule has 2 amide bonds. The van der Waals surface area contributed by atoms with Crippen LogP contribution >= 0.6 is 11.3 Å². The number of benzene rings is 2. The number of aromatic nitrogens is 1. The van der Waals surface area contributed by atoms with Gasteiger partial charge in [-0.2, -0.15) is 5.26 Å². The molecule has 0 bridgehead atoms. The van der Waals surface area contributed by atoms with E-state index in [4.69, 9.17) is 4.74 Å². The molecular formula is C28H30N4O3S. The predicted octanol–water partition coefficient (Wildman–Crippen LogP) is 5.29. The molecule has 36 heavy (non-hydrogen) atoms. The Morgan fingerprint density at radius 2 is 2.06 bits per heavy atom. The first-order valence-corrected chi connectivity index (χ1v) is 13.3. The topological polar surface area (TPSA) is 98.5 Å². The summed E-state index contributed by atoms with van der Waals surface area (Å²) in [5.41, 5.74) is 4.96. The number of hydrogen-bond acceptors (Lipinski definition) is 6. The Kier molecular flexibility index (Phi) is 6.95. The van der Waals surface area contributed by atoms with Crippen LogP contribution in [-0.4, -0.2) is 46.3 Å². The number of aliphatic hydroxyl groups excluding tert-OH is 1. The summed E-state index contributed by atoms with van der Waals surface area (Å²) >= 11 is 1.60. The molecule has 5 rings (SSSR count). The van der Waals surface area contributed by atoms with Crippen LogP contribution in [0.25, 0.3) is 21.0 Å². The smallest absolute Gasteiger partial charge is 0.317 e. The molecule has 1 fully saturated rings. The van der Waals surface area contributed by atoms with Crippen molar-refractivity contribution in [1.82, 2.24) is 15.2 Å². The lowest BCUT2D eigenvalue weighted by Gasteiger charge is -2.30. The Labute approximate surface area is 215 Å². The van der Waals surface area contributed by atoms with Gasteiger partial charge in [-0.1, -0.05) is 18.2 Å². The van der Waals surface area contributed by atoms with E-state index in [1.165, 1.54) is 5.56 Å². The average molecular weight is 503 g/mol. The minimum atomic E-state index is -0.300. The van der Waals surface area contributed by atoms with Gasteiger partial charge in [-0.05, 0) is 74.4 Å². The summed E-state index contributed by atoms with van der Waals surface area (Å²) in [6.45, 7) is 5.06. The maximum absolute atomic E-state index is 12.8. The third-order valence-corrected chi connectivity index (χ3v) is 7.88. The lowest BCUT2D eigenvalue weighted by atomic mass is 10.0. The van der Waals surface area contributed by atoms with Gasteiger partial charge in [0.05, 0.1) is 28.7 Å². The average Bonchev–Trinajstić information content (AvgIpc) is 3.52. The first-order chi connectivity index (χ1) is 17.4. The number of thiazole rings is 1. The standard InChI is InChI=1S/C28H30N4O3S/c1-17(2)35-25-9-6-18(14-19(25)15-29)27-30-16-26(36-27)23-5-3-4-22-21(23)7-8-24(22)31-28(34)32-12-10-20(33)11-13-32/h3-6,9,14,16-17,20,24,33H,7-8,10-13H2,1-2H3,(H,31,34)/t24-/m0/s1. The van der Waals surface area contributed by atoms with Crippen LogP contribution in [0.5, 0.6) is 5.75 Å². The molecule has 2 aromatic carbocycles. The SMILES string of the molecule is CC(C)Oc1ccc(-c2ncc(-c3cccc4c3CC[C@@H]4NC(=O)N3CCC(O)CC3)s2)cc1C#N. The van der Waals surface area contributed by atoms with Gasteiger partial charge < -0.3 is 20.1 Å². The van der Waals surface area contributed by atoms with Gasteiger partial charge in [-0.25, -0.2) is 9.78 Å². The van der Waals surface area contributed by atoms with Crippen molar-refractivity contribution in [1.29, 1.82) is 5.26 Å². The number of likely N-dealkylation sites (tertiary alicyclic amines) is 1. The molecule has 0 unspecified atom stereocenters. The second-order valence-electron chi connectivity index (χ2n) is 9.65. The lowest BCUT2D eigenvalue weighted by Crippen LogP contribution is -2.46. The highest BCUT2D eigenvalue weighted by atomic mass is 32.1. The molecule has 1 atom stereocenters. The number of fused-ring (bicyclic) bond motifs is 1. The number of ether oxygens (including phenoxy) is 1. The summed E-state index contributed by atoms with van der Waals surface area (Å²) in [4.78, 5) is 20.3. The van der Waals surface area contributed by atoms with E-state index in [9.17, 15) is 15.2 Å². The summed E-state index contributed by atoms with van der Waals surface area (Å²) < 4.78 is 5.75. The zero-order valence-corrected chi connectivity index (χ0v) is 21.3. The van der Waals surface area contributed by atoms with Crippen molar-refractivity contribution < 1.29 is 14.6 Å². The molecule has 0 saturated carbocycles. The number of nitrogens with one attached hydrogen (secondary N) is 1. The van der Waals surface area contributed by atoms with Gasteiger partial charge in [0.1, 0.15) is 16.8 Å². The Bertz CT molecular complexity index is 1300. The van der Waals surface area contributed by atoms with Crippen molar-refractivity contribution in [2.24, 2.45) is 0 Å². The van der Waals surface area contributed by atoms with Crippen LogP contribution < -0.4 is 10.1 Å². The first kappa shape index (κ1) is 24.3. The van der Waals surface area contributed by atoms with E-state index in [2.05, 4.69) is 28.5 Å². The molecule has 1 aliphatic carbocycles. The molecule has 3 aromatic rings. The maximum Gasteiger partial charge on any atom is 0.317 e. The number of amides is 2. The van der Waals surface area contributed by atoms with Gasteiger partial charge in [0, 0.05) is 24.8 Å². The molecule has 0 spiro atoms. The fourth-order valence-electron chi connectivity index (χ4n) is 4.98. The molecule has 8 heteroatoms. The van der Waals surface area contributed by atoms with Crippen molar-refractivity contribution in [3.05, 3.63) is 59.3 Å². The van der Waals surface area contributed by atoms with Crippen molar-refractivity contribution in [2.45, 2.75) is 57.8 Å². The van der Waals surface area contributed by atoms with Crippen LogP contribution in [-0.2, 0) is 6.42 Å². The van der Waals surface area contributed by atoms with Crippen LogP contribution in [0.2, 0.25) is 0 Å². The predicted molar refractivity (Wildman–Crippen MR) is 140 cm³/mol. The molecule has 186 valence electrons. The van der Waals surface area contributed by atoms with Crippen molar-refractivity contribution in [3.63, 3.8) is 0 Å². The number of nitrogens with zero attached hydrogens (tertiary/aromatic N) is 3. The lowest BCUT2D eigenvalue weighted by molar-refractivity contribution is 0.0928. The van der Waals surface area contributed by atoms with Gasteiger partial charge in [0.25, 0.3) is 0 Å². The number of aliphatic hydroxyl groups is 1. The number of carbonyl (C=O) groups is 1. The van der Waals surface area contributed by atoms with Crippen LogP contribution in [0.15, 0.2) is 42.6 Å². The monoisotopic (exact) mass is 502 g/mol. The van der Waals surface area contributed by atoms with Gasteiger partial charge in [-0.3, -0.25) is 0 Å². The van der Waals surface area contributed by atoms with Gasteiger partial charge >= 0.3 is 6.03 Å². The number of piperidine rings is 1. The Morgan fingerprint density at radius 3 is 2.81 bits per heavy atom. The summed E-state index contributed by atoms with van der Waals surface area (Å²) in [6.07, 6.45) is 4.61. The highest BCUT2D eigenvalue weighted by molar-refractivity contribution is 7.18. The third kappa shape index (κ3) is 4.95. The Hall–Kier alpha value is -3.41. The largest absolute Gasteiger partial charge is 0.490 e. The van der Waals surface area contributed by atoms with Crippen LogP contribution in [0.1, 0.15) is 55.8 Å². The van der Waals surface area contributed by atoms with Crippen LogP contribution in [0.4, 0.5) is 4.79 Å². The molecule has 0 radical (unpaired) electrons. The number of hydrogen-bond donors (Lipinski definition) is 2. The summed E-state index contributed by atoms with van der Waals surface area (Å²) in [6, 6.07) is 14.0. The molecule has 2 N–H and O–H groups in total. The minimum Gasteiger partial charge on any atom is -0.490 e. The van der Waals surface area contributed by atoms with Gasteiger partial charge in [-0.15, -0.1) is 11.3 Å². The Balaban J connectivity index is 1.35. The zero-order chi connectivity index (χ0) is 25.2. The molecular weight excluding hydrogens is 472 g/mol. The Morgan fingerprint density at radius 1 is 1.25 bits per heavy atom. The number of urea groups is 1. The minimum absolute atomic E-state index is 0.00375. The molecule has 1 saturated heterocycles. The second kappa shape index (κ2) is 10.3. The highest BCUT2D eigenvalue weighted by Gasteiger charge is 2.29. The van der Waals surface area contributed by atoms with E-state index in [1.807, 2.05) is 44.3 Å². The van der Waals surface area contributed by atoms with E-state index in [0.29, 0.717) is 37.2 Å². The quantitative estimate of drug-likeness (QED) is 0.494. The summed E-state index contributed by atoms with van der Waals surface area (Å²) in [5, 5.41) is 23.4. The number of rotatable bonds is 5. The second-order valence-corrected chi connectivity index (χ2v) is 10.7. The van der Waals surface area contributed by atoms with Crippen molar-refractivity contribution in [2.75, 3.05) is 13.1 Å². The fraction of sp³-hybridized carbons (Fsp3) is 0.393. The van der Waals surface area contributed by atoms with Crippen LogP contribution in [0, 0.1) is 11.3 Å². The van der Waals surface area contributed by atoms with Gasteiger partial charge in [0.2, 0.25) is 0 Å². The normalized spacial score (nSPS) is 17.6. The first-order valence-electron chi connectivity index (χ1n) is 12.5. The fourth-order valence-corrected chi connectivity index (χ4v) is 5.95. The molecule has 1 aliphatic heterocycles. The van der Waals surface area contributed by atoms with E-state index < -0.39 is 0 Å². The summed E-state index contributed by atoms with van der Waals surface area (Å²) in [5.74, 6) is 0.586. The van der Waals surface area contributed by atoms with Crippen molar-refractivity contribution >= 4 is 17.4 Å². The molecule has 2 heterocycles. The highest BCUT2D eigenvalue weighted by Crippen LogP contribution is 2.41. The van der Waals surface area contributed by atoms with E-state index in [-0.39, 0.29) is 24.3 Å². The van der Waals surface area contributed by atoms with E-state index >= 15 is 0 Å². The molecule has 2 aliphatic rings. The number of nitriles is 1. The zero-order valence-electron chi connectivity index (χ0n) is 20.5. The summed E-state index contributed by atoms with van der Waals surface area (Å²) in [7, 11) is 0. The maximum atomic E-state index is 12.8. The van der Waals surface area contributed by atoms with E-state index in [1.54, 1.807) is 16.2 Å². The van der Waals surface area contributed by atoms with Crippen LogP contribution in [0.3, 0.4) is 0 Å². The molecule has 7 nitrogen and oxygen atoms in total. The number of carbonyl (C=O) groups excluding carboxylic acids is 1. The van der Waals surface area contributed by atoms with Crippen molar-refractivity contribution in [3.8, 4) is 32.8 Å². The molecule has 1 aromatic heterocycles. The van der Waals surface area contributed by atoms with Gasteiger partial charge in [0.15, 0.2) is 0 Å². The third-order valence-electron chi connectivity index (χ3n) is 6.80.